The molecule has 0 saturated carbocycles. The maximum absolute atomic E-state index is 12.5. The molecule has 0 radical (unpaired) electrons. The van der Waals surface area contributed by atoms with Crippen molar-refractivity contribution in [3.05, 3.63) is 66.0 Å². The fraction of sp³-hybridized carbons (Fsp3) is 0.417. The number of nitrogens with zero attached hydrogens (tertiary/aromatic N) is 3. The van der Waals surface area contributed by atoms with Crippen molar-refractivity contribution in [1.82, 2.24) is 14.5 Å². The lowest BCUT2D eigenvalue weighted by molar-refractivity contribution is -0.127. The first kappa shape index (κ1) is 18.7. The van der Waals surface area contributed by atoms with Gasteiger partial charge in [-0.05, 0) is 37.0 Å². The van der Waals surface area contributed by atoms with Gasteiger partial charge in [0.25, 0.3) is 0 Å². The smallest absolute Gasteiger partial charge is 0.223 e. The van der Waals surface area contributed by atoms with E-state index in [9.17, 15) is 4.79 Å². The van der Waals surface area contributed by atoms with Crippen LogP contribution in [0.2, 0.25) is 0 Å². The molecule has 0 unspecified atom stereocenters. The van der Waals surface area contributed by atoms with Crippen LogP contribution in [0.15, 0.2) is 54.6 Å². The van der Waals surface area contributed by atoms with Crippen molar-refractivity contribution < 1.29 is 4.79 Å². The SMILES string of the molecule is CCCCN1C[C@H](c2nc3ccccc3n2CCCc2ccccc2)CC1=O. The van der Waals surface area contributed by atoms with Crippen molar-refractivity contribution in [2.24, 2.45) is 0 Å². The fourth-order valence-electron chi connectivity index (χ4n) is 4.24. The summed E-state index contributed by atoms with van der Waals surface area (Å²) < 4.78 is 2.36. The van der Waals surface area contributed by atoms with E-state index in [2.05, 4.69) is 60.0 Å². The number of rotatable bonds is 8. The van der Waals surface area contributed by atoms with E-state index in [4.69, 9.17) is 4.98 Å². The number of hydrogen-bond donors (Lipinski definition) is 0. The topological polar surface area (TPSA) is 38.1 Å². The van der Waals surface area contributed by atoms with Crippen LogP contribution in [0.5, 0.6) is 0 Å². The van der Waals surface area contributed by atoms with Crippen molar-refractivity contribution in [2.75, 3.05) is 13.1 Å². The van der Waals surface area contributed by atoms with Crippen LogP contribution in [0.3, 0.4) is 0 Å². The lowest BCUT2D eigenvalue weighted by Gasteiger charge is -2.17. The number of likely N-dealkylation sites (tertiary alicyclic amines) is 1. The molecule has 4 heteroatoms. The summed E-state index contributed by atoms with van der Waals surface area (Å²) in [5, 5.41) is 0. The van der Waals surface area contributed by atoms with Gasteiger partial charge in [0.05, 0.1) is 11.0 Å². The van der Waals surface area contributed by atoms with E-state index in [1.807, 2.05) is 11.0 Å². The lowest BCUT2D eigenvalue weighted by atomic mass is 10.1. The van der Waals surface area contributed by atoms with Crippen molar-refractivity contribution in [3.63, 3.8) is 0 Å². The molecule has 1 aliphatic rings. The molecule has 1 aliphatic heterocycles. The molecule has 1 saturated heterocycles. The predicted molar refractivity (Wildman–Crippen MR) is 113 cm³/mol. The summed E-state index contributed by atoms with van der Waals surface area (Å²) in [6.07, 6.45) is 4.90. The molecule has 1 fully saturated rings. The van der Waals surface area contributed by atoms with Gasteiger partial charge in [-0.25, -0.2) is 4.98 Å². The minimum atomic E-state index is 0.202. The predicted octanol–water partition coefficient (Wildman–Crippen LogP) is 4.79. The number of amides is 1. The Morgan fingerprint density at radius 2 is 1.79 bits per heavy atom. The van der Waals surface area contributed by atoms with Crippen molar-refractivity contribution in [3.8, 4) is 0 Å². The van der Waals surface area contributed by atoms with Gasteiger partial charge in [0, 0.05) is 32.0 Å². The molecule has 2 aromatic carbocycles. The molecule has 1 amide bonds. The summed E-state index contributed by atoms with van der Waals surface area (Å²) in [4.78, 5) is 19.5. The first-order valence-electron chi connectivity index (χ1n) is 10.5. The third kappa shape index (κ3) is 3.96. The zero-order chi connectivity index (χ0) is 19.3. The van der Waals surface area contributed by atoms with Crippen LogP contribution in [0, 0.1) is 0 Å². The van der Waals surface area contributed by atoms with Gasteiger partial charge in [-0.3, -0.25) is 4.79 Å². The molecule has 1 aromatic heterocycles. The molecule has 0 N–H and O–H groups in total. The van der Waals surface area contributed by atoms with Crippen LogP contribution in [0.4, 0.5) is 0 Å². The minimum Gasteiger partial charge on any atom is -0.342 e. The summed E-state index contributed by atoms with van der Waals surface area (Å²) >= 11 is 0. The molecule has 0 bridgehead atoms. The monoisotopic (exact) mass is 375 g/mol. The third-order valence-electron chi connectivity index (χ3n) is 5.74. The Kier molecular flexibility index (Phi) is 5.75. The van der Waals surface area contributed by atoms with Gasteiger partial charge < -0.3 is 9.47 Å². The molecule has 4 nitrogen and oxygen atoms in total. The molecule has 3 aromatic rings. The first-order chi connectivity index (χ1) is 13.8. The zero-order valence-electron chi connectivity index (χ0n) is 16.7. The van der Waals surface area contributed by atoms with E-state index in [1.54, 1.807) is 0 Å². The summed E-state index contributed by atoms with van der Waals surface area (Å²) in [5.41, 5.74) is 3.59. The molecule has 0 aliphatic carbocycles. The van der Waals surface area contributed by atoms with Gasteiger partial charge in [-0.2, -0.15) is 0 Å². The normalized spacial score (nSPS) is 17.0. The number of aryl methyl sites for hydroxylation is 2. The molecule has 4 rings (SSSR count). The van der Waals surface area contributed by atoms with Gasteiger partial charge in [-0.15, -0.1) is 0 Å². The maximum Gasteiger partial charge on any atom is 0.223 e. The van der Waals surface area contributed by atoms with Gasteiger partial charge in [0.2, 0.25) is 5.91 Å². The Labute approximate surface area is 167 Å². The molecule has 146 valence electrons. The quantitative estimate of drug-likeness (QED) is 0.568. The summed E-state index contributed by atoms with van der Waals surface area (Å²) in [6.45, 7) is 4.79. The number of carbonyl (C=O) groups is 1. The summed E-state index contributed by atoms with van der Waals surface area (Å²) in [6, 6.07) is 19.0. The molecule has 0 spiro atoms. The van der Waals surface area contributed by atoms with Crippen LogP contribution < -0.4 is 0 Å². The largest absolute Gasteiger partial charge is 0.342 e. The number of fused-ring (bicyclic) bond motifs is 1. The average Bonchev–Trinajstić information content (AvgIpc) is 3.28. The Hall–Kier alpha value is -2.62. The van der Waals surface area contributed by atoms with Gasteiger partial charge >= 0.3 is 0 Å². The van der Waals surface area contributed by atoms with Crippen LogP contribution in [-0.4, -0.2) is 33.4 Å². The minimum absolute atomic E-state index is 0.202. The first-order valence-corrected chi connectivity index (χ1v) is 10.5. The van der Waals surface area contributed by atoms with Crippen LogP contribution in [0.25, 0.3) is 11.0 Å². The average molecular weight is 376 g/mol. The Morgan fingerprint density at radius 3 is 2.61 bits per heavy atom. The standard InChI is InChI=1S/C24H29N3O/c1-2-3-15-26-18-20(17-23(26)28)24-25-21-13-7-8-14-22(21)27(24)16-9-12-19-10-5-4-6-11-19/h4-8,10-11,13-14,20H,2-3,9,12,15-18H2,1H3/t20-/m1/s1. The molecule has 1 atom stereocenters. The van der Waals surface area contributed by atoms with Gasteiger partial charge in [0.1, 0.15) is 5.82 Å². The summed E-state index contributed by atoms with van der Waals surface area (Å²) in [7, 11) is 0. The molecule has 28 heavy (non-hydrogen) atoms. The number of unbranched alkanes of at least 4 members (excludes halogenated alkanes) is 1. The molecular weight excluding hydrogens is 346 g/mol. The van der Waals surface area contributed by atoms with E-state index in [-0.39, 0.29) is 11.8 Å². The third-order valence-corrected chi connectivity index (χ3v) is 5.74. The van der Waals surface area contributed by atoms with Gasteiger partial charge in [0.15, 0.2) is 0 Å². The highest BCUT2D eigenvalue weighted by atomic mass is 16.2. The Balaban J connectivity index is 1.54. The van der Waals surface area contributed by atoms with Crippen LogP contribution >= 0.6 is 0 Å². The van der Waals surface area contributed by atoms with Gasteiger partial charge in [-0.1, -0.05) is 55.8 Å². The number of aromatic nitrogens is 2. The molecular formula is C24H29N3O. The van der Waals surface area contributed by atoms with Crippen LogP contribution in [0.1, 0.15) is 49.9 Å². The second-order valence-corrected chi connectivity index (χ2v) is 7.79. The second-order valence-electron chi connectivity index (χ2n) is 7.79. The lowest BCUT2D eigenvalue weighted by Crippen LogP contribution is -2.26. The van der Waals surface area contributed by atoms with E-state index in [0.29, 0.717) is 6.42 Å². The number of hydrogen-bond acceptors (Lipinski definition) is 2. The van der Waals surface area contributed by atoms with E-state index in [0.717, 1.165) is 56.7 Å². The highest BCUT2D eigenvalue weighted by Crippen LogP contribution is 2.31. The Bertz CT molecular complexity index is 931. The zero-order valence-corrected chi connectivity index (χ0v) is 16.7. The van der Waals surface area contributed by atoms with Crippen LogP contribution in [-0.2, 0) is 17.8 Å². The number of benzene rings is 2. The van der Waals surface area contributed by atoms with E-state index >= 15 is 0 Å². The fourth-order valence-corrected chi connectivity index (χ4v) is 4.24. The number of para-hydroxylation sites is 2. The van der Waals surface area contributed by atoms with Crippen molar-refractivity contribution >= 4 is 16.9 Å². The van der Waals surface area contributed by atoms with E-state index in [1.165, 1.54) is 11.1 Å². The van der Waals surface area contributed by atoms with E-state index < -0.39 is 0 Å². The second kappa shape index (κ2) is 8.59. The van der Waals surface area contributed by atoms with Crippen molar-refractivity contribution in [1.29, 1.82) is 0 Å². The Morgan fingerprint density at radius 1 is 1.00 bits per heavy atom. The summed E-state index contributed by atoms with van der Waals surface area (Å²) in [5.74, 6) is 1.57. The highest BCUT2D eigenvalue weighted by Gasteiger charge is 2.33. The van der Waals surface area contributed by atoms with Crippen molar-refractivity contribution in [2.45, 2.75) is 51.5 Å². The highest BCUT2D eigenvalue weighted by molar-refractivity contribution is 5.80. The number of imidazole rings is 1. The molecule has 2 heterocycles. The number of carbonyl (C=O) groups excluding carboxylic acids is 1. The maximum atomic E-state index is 12.5.